The molecule has 2 rings (SSSR count). The molecule has 14 heavy (non-hydrogen) atoms. The van der Waals surface area contributed by atoms with Crippen LogP contribution in [0.25, 0.3) is 0 Å². The highest BCUT2D eigenvalue weighted by Crippen LogP contribution is 2.24. The van der Waals surface area contributed by atoms with Gasteiger partial charge in [0.05, 0.1) is 4.90 Å². The molecule has 0 aliphatic heterocycles. The minimum Gasteiger partial charge on any atom is -0.244 e. The number of hydrogen-bond donors (Lipinski definition) is 1. The van der Waals surface area contributed by atoms with Crippen molar-refractivity contribution >= 4 is 21.1 Å². The largest absolute Gasteiger partial charge is 0.244 e. The van der Waals surface area contributed by atoms with Crippen LogP contribution < -0.4 is 0 Å². The summed E-state index contributed by atoms with van der Waals surface area (Å²) in [6.07, 6.45) is 0. The molecule has 72 valence electrons. The summed E-state index contributed by atoms with van der Waals surface area (Å²) in [4.78, 5) is 0.572. The lowest BCUT2D eigenvalue weighted by Gasteiger charge is -2.03. The second kappa shape index (κ2) is 3.55. The molecule has 0 saturated heterocycles. The van der Waals surface area contributed by atoms with Crippen LogP contribution in [0.4, 0.5) is 0 Å². The van der Waals surface area contributed by atoms with Crippen LogP contribution in [0.5, 0.6) is 0 Å². The van der Waals surface area contributed by atoms with Crippen molar-refractivity contribution in [3.8, 4) is 0 Å². The minimum atomic E-state index is -2.78. The Labute approximate surface area is 87.2 Å². The summed E-state index contributed by atoms with van der Waals surface area (Å²) in [6, 6.07) is 12.5. The molecule has 0 aliphatic rings. The van der Waals surface area contributed by atoms with Gasteiger partial charge in [0, 0.05) is 0 Å². The van der Waals surface area contributed by atoms with Gasteiger partial charge < -0.3 is 0 Å². The first-order chi connectivity index (χ1) is 6.71. The molecule has 4 heteroatoms. The van der Waals surface area contributed by atoms with E-state index in [-0.39, 0.29) is 0 Å². The SMILES string of the molecule is N=[S@@](=O)(c1ccccc1)c1cccs1. The molecular formula is C10H9NOS2. The van der Waals surface area contributed by atoms with E-state index in [2.05, 4.69) is 0 Å². The fourth-order valence-electron chi connectivity index (χ4n) is 1.16. The summed E-state index contributed by atoms with van der Waals surface area (Å²) in [5.74, 6) is 0. The lowest BCUT2D eigenvalue weighted by Crippen LogP contribution is -1.96. The highest BCUT2D eigenvalue weighted by Gasteiger charge is 2.12. The van der Waals surface area contributed by atoms with E-state index in [1.165, 1.54) is 11.3 Å². The Morgan fingerprint density at radius 3 is 2.36 bits per heavy atom. The highest BCUT2D eigenvalue weighted by molar-refractivity contribution is 7.94. The fraction of sp³-hybridized carbons (Fsp3) is 0. The molecule has 0 spiro atoms. The van der Waals surface area contributed by atoms with Gasteiger partial charge in [0.15, 0.2) is 0 Å². The van der Waals surface area contributed by atoms with Crippen molar-refractivity contribution < 1.29 is 4.21 Å². The van der Waals surface area contributed by atoms with Gasteiger partial charge >= 0.3 is 0 Å². The molecule has 1 aromatic heterocycles. The molecule has 1 heterocycles. The van der Waals surface area contributed by atoms with Crippen molar-refractivity contribution in [3.05, 3.63) is 47.8 Å². The second-order valence-electron chi connectivity index (χ2n) is 2.80. The topological polar surface area (TPSA) is 40.9 Å². The van der Waals surface area contributed by atoms with E-state index in [0.29, 0.717) is 9.10 Å². The van der Waals surface area contributed by atoms with Crippen LogP contribution >= 0.6 is 11.3 Å². The second-order valence-corrected chi connectivity index (χ2v) is 6.03. The Kier molecular flexibility index (Phi) is 2.39. The molecule has 0 bridgehead atoms. The van der Waals surface area contributed by atoms with Crippen LogP contribution in [0.3, 0.4) is 0 Å². The molecule has 2 nitrogen and oxygen atoms in total. The molecule has 0 saturated carbocycles. The summed E-state index contributed by atoms with van der Waals surface area (Å²) in [6.45, 7) is 0. The van der Waals surface area contributed by atoms with Crippen molar-refractivity contribution in [1.29, 1.82) is 4.78 Å². The summed E-state index contributed by atoms with van der Waals surface area (Å²) >= 11 is 1.36. The first-order valence-electron chi connectivity index (χ1n) is 4.08. The maximum absolute atomic E-state index is 12.1. The van der Waals surface area contributed by atoms with Crippen LogP contribution in [-0.4, -0.2) is 4.21 Å². The Morgan fingerprint density at radius 2 is 1.79 bits per heavy atom. The quantitative estimate of drug-likeness (QED) is 0.834. The van der Waals surface area contributed by atoms with Crippen LogP contribution in [-0.2, 0) is 9.73 Å². The monoisotopic (exact) mass is 223 g/mol. The van der Waals surface area contributed by atoms with E-state index in [0.717, 1.165) is 0 Å². The minimum absolute atomic E-state index is 0.572. The van der Waals surface area contributed by atoms with Gasteiger partial charge in [-0.15, -0.1) is 11.3 Å². The molecule has 1 aromatic carbocycles. The first kappa shape index (κ1) is 9.43. The van der Waals surface area contributed by atoms with Crippen LogP contribution in [0, 0.1) is 4.78 Å². The number of benzene rings is 1. The Bertz CT molecular complexity index is 500. The highest BCUT2D eigenvalue weighted by atomic mass is 32.2. The number of hydrogen-bond acceptors (Lipinski definition) is 3. The van der Waals surface area contributed by atoms with Gasteiger partial charge in [-0.1, -0.05) is 24.3 Å². The van der Waals surface area contributed by atoms with Gasteiger partial charge in [-0.3, -0.25) is 0 Å². The van der Waals surface area contributed by atoms with E-state index in [9.17, 15) is 4.21 Å². The molecular weight excluding hydrogens is 214 g/mol. The standard InChI is InChI=1S/C10H9NOS2/c11-14(12,10-7-4-8-13-10)9-5-2-1-3-6-9/h1-8,11H/t14-/m1/s1. The van der Waals surface area contributed by atoms with Gasteiger partial charge in [0.25, 0.3) is 0 Å². The van der Waals surface area contributed by atoms with E-state index in [1.54, 1.807) is 30.3 Å². The third-order valence-corrected chi connectivity index (χ3v) is 5.15. The van der Waals surface area contributed by atoms with Crippen molar-refractivity contribution in [2.24, 2.45) is 0 Å². The third-order valence-electron chi connectivity index (χ3n) is 1.85. The van der Waals surface area contributed by atoms with Gasteiger partial charge in [-0.05, 0) is 23.6 Å². The van der Waals surface area contributed by atoms with Crippen molar-refractivity contribution in [3.63, 3.8) is 0 Å². The normalized spacial score (nSPS) is 14.9. The number of nitrogens with one attached hydrogen (secondary N) is 1. The average molecular weight is 223 g/mol. The van der Waals surface area contributed by atoms with Crippen molar-refractivity contribution in [1.82, 2.24) is 0 Å². The maximum atomic E-state index is 12.1. The number of rotatable bonds is 2. The van der Waals surface area contributed by atoms with Gasteiger partial charge in [-0.25, -0.2) is 8.99 Å². The lowest BCUT2D eigenvalue weighted by molar-refractivity contribution is 0.676. The summed E-state index contributed by atoms with van der Waals surface area (Å²) in [5.41, 5.74) is 0. The third kappa shape index (κ3) is 1.58. The molecule has 1 N–H and O–H groups in total. The molecule has 1 atom stereocenters. The molecule has 0 amide bonds. The molecule has 0 aliphatic carbocycles. The van der Waals surface area contributed by atoms with Crippen LogP contribution in [0.1, 0.15) is 0 Å². The predicted molar refractivity (Wildman–Crippen MR) is 58.2 cm³/mol. The van der Waals surface area contributed by atoms with E-state index in [1.807, 2.05) is 17.5 Å². The Morgan fingerprint density at radius 1 is 1.07 bits per heavy atom. The average Bonchev–Trinajstić information content (AvgIpc) is 2.72. The van der Waals surface area contributed by atoms with Crippen molar-refractivity contribution in [2.75, 3.05) is 0 Å². The van der Waals surface area contributed by atoms with E-state index in [4.69, 9.17) is 4.78 Å². The summed E-state index contributed by atoms with van der Waals surface area (Å²) in [5, 5.41) is 1.84. The zero-order valence-electron chi connectivity index (χ0n) is 7.34. The Hall–Kier alpha value is -1.13. The molecule has 0 fully saturated rings. The number of thiophene rings is 1. The molecule has 0 radical (unpaired) electrons. The van der Waals surface area contributed by atoms with E-state index < -0.39 is 9.73 Å². The Balaban J connectivity index is 2.55. The first-order valence-corrected chi connectivity index (χ1v) is 6.52. The zero-order valence-corrected chi connectivity index (χ0v) is 8.98. The van der Waals surface area contributed by atoms with E-state index >= 15 is 0 Å². The van der Waals surface area contributed by atoms with Gasteiger partial charge in [0.1, 0.15) is 13.9 Å². The molecule has 0 unspecified atom stereocenters. The lowest BCUT2D eigenvalue weighted by atomic mass is 10.4. The van der Waals surface area contributed by atoms with Crippen LogP contribution in [0.2, 0.25) is 0 Å². The summed E-state index contributed by atoms with van der Waals surface area (Å²) < 4.78 is 20.6. The predicted octanol–water partition coefficient (Wildman–Crippen LogP) is 3.21. The zero-order chi connectivity index (χ0) is 10.0. The van der Waals surface area contributed by atoms with Gasteiger partial charge in [0.2, 0.25) is 0 Å². The van der Waals surface area contributed by atoms with Gasteiger partial charge in [-0.2, -0.15) is 0 Å². The smallest absolute Gasteiger partial charge is 0.111 e. The van der Waals surface area contributed by atoms with Crippen molar-refractivity contribution in [2.45, 2.75) is 9.10 Å². The summed E-state index contributed by atoms with van der Waals surface area (Å²) in [7, 11) is -2.78. The fourth-order valence-corrected chi connectivity index (χ4v) is 3.64. The maximum Gasteiger partial charge on any atom is 0.111 e. The molecule has 2 aromatic rings. The van der Waals surface area contributed by atoms with Crippen LogP contribution in [0.15, 0.2) is 56.9 Å².